The quantitative estimate of drug-likeness (QED) is 0.257. The van der Waals surface area contributed by atoms with Crippen LogP contribution in [0.15, 0.2) is 0 Å². The molecule has 13 unspecified atom stereocenters. The molecule has 3 aliphatic carbocycles. The van der Waals surface area contributed by atoms with Gasteiger partial charge in [-0.2, -0.15) is 0 Å². The van der Waals surface area contributed by atoms with E-state index in [1.165, 1.54) is 44.9 Å². The summed E-state index contributed by atoms with van der Waals surface area (Å²) in [6.07, 6.45) is 13.4. The van der Waals surface area contributed by atoms with Crippen molar-refractivity contribution in [3.63, 3.8) is 0 Å². The summed E-state index contributed by atoms with van der Waals surface area (Å²) in [4.78, 5) is 0. The zero-order chi connectivity index (χ0) is 24.4. The first-order valence-corrected chi connectivity index (χ1v) is 15.6. The minimum Gasteiger partial charge on any atom is -0.0651 e. The van der Waals surface area contributed by atoms with Crippen LogP contribution in [-0.2, 0) is 0 Å². The largest absolute Gasteiger partial charge is 0.0651 e. The van der Waals surface area contributed by atoms with Gasteiger partial charge in [0.05, 0.1) is 0 Å². The Morgan fingerprint density at radius 2 is 1.27 bits per heavy atom. The van der Waals surface area contributed by atoms with Crippen LogP contribution < -0.4 is 0 Å². The minimum atomic E-state index is 0.837. The summed E-state index contributed by atoms with van der Waals surface area (Å²) in [7, 11) is 0. The summed E-state index contributed by atoms with van der Waals surface area (Å²) in [6, 6.07) is 0. The molecule has 0 spiro atoms. The predicted octanol–water partition coefficient (Wildman–Crippen LogP) is 10.4. The van der Waals surface area contributed by atoms with Gasteiger partial charge < -0.3 is 0 Å². The van der Waals surface area contributed by atoms with E-state index in [4.69, 9.17) is 0 Å². The van der Waals surface area contributed by atoms with Crippen LogP contribution in [0.4, 0.5) is 0 Å². The molecule has 33 heavy (non-hydrogen) atoms. The number of rotatable bonds is 13. The lowest BCUT2D eigenvalue weighted by atomic mass is 9.50. The van der Waals surface area contributed by atoms with Crippen LogP contribution in [0.25, 0.3) is 0 Å². The Kier molecular flexibility index (Phi) is 9.88. The van der Waals surface area contributed by atoms with Crippen molar-refractivity contribution >= 4 is 0 Å². The third-order valence-corrected chi connectivity index (χ3v) is 12.6. The molecule has 0 N–H and O–H groups in total. The lowest BCUT2D eigenvalue weighted by Crippen LogP contribution is -2.49. The first-order chi connectivity index (χ1) is 15.6. The summed E-state index contributed by atoms with van der Waals surface area (Å²) in [6.45, 7) is 25.5. The van der Waals surface area contributed by atoms with Crippen molar-refractivity contribution in [3.05, 3.63) is 0 Å². The molecule has 13 atom stereocenters. The maximum atomic E-state index is 2.72. The summed E-state index contributed by atoms with van der Waals surface area (Å²) in [5.41, 5.74) is 0. The van der Waals surface area contributed by atoms with Crippen molar-refractivity contribution < 1.29 is 0 Å². The maximum Gasteiger partial charge on any atom is -0.0326 e. The van der Waals surface area contributed by atoms with Gasteiger partial charge in [0.25, 0.3) is 0 Å². The summed E-state index contributed by atoms with van der Waals surface area (Å²) in [5, 5.41) is 0. The molecule has 0 aliphatic heterocycles. The second kappa shape index (κ2) is 11.8. The van der Waals surface area contributed by atoms with Crippen LogP contribution >= 0.6 is 0 Å². The molecule has 194 valence electrons. The van der Waals surface area contributed by atoms with Gasteiger partial charge in [-0.1, -0.05) is 94.9 Å². The molecule has 0 aromatic heterocycles. The smallest absolute Gasteiger partial charge is 0.0326 e. The molecule has 3 aliphatic rings. The van der Waals surface area contributed by atoms with Crippen LogP contribution in [0.2, 0.25) is 0 Å². The van der Waals surface area contributed by atoms with Crippen LogP contribution in [0.1, 0.15) is 127 Å². The number of hydrogen-bond donors (Lipinski definition) is 0. The van der Waals surface area contributed by atoms with Crippen molar-refractivity contribution in [2.45, 2.75) is 127 Å². The van der Waals surface area contributed by atoms with E-state index in [9.17, 15) is 0 Å². The molecule has 0 amide bonds. The lowest BCUT2D eigenvalue weighted by Gasteiger charge is -2.55. The molecule has 3 rings (SSSR count). The molecule has 0 radical (unpaired) electrons. The maximum absolute atomic E-state index is 2.72. The highest BCUT2D eigenvalue weighted by atomic mass is 14.5. The van der Waals surface area contributed by atoms with Crippen LogP contribution in [-0.4, -0.2) is 0 Å². The Balaban J connectivity index is 1.83. The van der Waals surface area contributed by atoms with Crippen molar-refractivity contribution in [1.82, 2.24) is 0 Å². The van der Waals surface area contributed by atoms with Gasteiger partial charge in [-0.15, -0.1) is 0 Å². The van der Waals surface area contributed by atoms with E-state index in [1.807, 2.05) is 0 Å². The fourth-order valence-electron chi connectivity index (χ4n) is 9.08. The Bertz CT molecular complexity index is 577. The first kappa shape index (κ1) is 27.6. The lowest BCUT2D eigenvalue weighted by molar-refractivity contribution is -0.0700. The van der Waals surface area contributed by atoms with Crippen molar-refractivity contribution in [2.75, 3.05) is 0 Å². The highest BCUT2D eigenvalue weighted by Crippen LogP contribution is 2.56. The van der Waals surface area contributed by atoms with E-state index in [2.05, 4.69) is 69.2 Å². The van der Waals surface area contributed by atoms with E-state index in [0.717, 1.165) is 82.9 Å². The summed E-state index contributed by atoms with van der Waals surface area (Å²) in [5.74, 6) is 13.3. The van der Waals surface area contributed by atoms with Crippen molar-refractivity contribution in [3.8, 4) is 0 Å². The molecular formula is C33H62. The first-order valence-electron chi connectivity index (χ1n) is 15.6. The van der Waals surface area contributed by atoms with Crippen molar-refractivity contribution in [2.24, 2.45) is 82.9 Å². The molecule has 0 heterocycles. The van der Waals surface area contributed by atoms with Crippen LogP contribution in [0.3, 0.4) is 0 Å². The Hall–Kier alpha value is 0. The van der Waals surface area contributed by atoms with Gasteiger partial charge in [-0.25, -0.2) is 0 Å². The molecule has 3 fully saturated rings. The van der Waals surface area contributed by atoms with Gasteiger partial charge in [0.2, 0.25) is 0 Å². The summed E-state index contributed by atoms with van der Waals surface area (Å²) < 4.78 is 0. The highest BCUT2D eigenvalue weighted by Gasteiger charge is 2.49. The molecular weight excluding hydrogens is 396 g/mol. The third kappa shape index (κ3) is 5.88. The topological polar surface area (TPSA) is 0 Å². The molecule has 0 heteroatoms. The zero-order valence-corrected chi connectivity index (χ0v) is 24.4. The Labute approximate surface area is 209 Å². The SMILES string of the molecule is CCC(CC(CC1CCC1C)C(CC1CCC1C)C(C)C(C)C1C(C)C(C)C1CC)C(C)C. The predicted molar refractivity (Wildman–Crippen MR) is 147 cm³/mol. The minimum absolute atomic E-state index is 0.837. The van der Waals surface area contributed by atoms with Gasteiger partial charge in [0.1, 0.15) is 0 Å². The third-order valence-electron chi connectivity index (χ3n) is 12.6. The van der Waals surface area contributed by atoms with Gasteiger partial charge in [0, 0.05) is 0 Å². The molecule has 0 nitrogen and oxygen atoms in total. The number of hydrogen-bond acceptors (Lipinski definition) is 0. The average Bonchev–Trinajstić information content (AvgIpc) is 2.79. The molecule has 0 bridgehead atoms. The standard InChI is InChI=1S/C33H62/c1-11-27(20(3)4)17-30(18-28-15-13-21(28)5)32(19-29-16-14-22(29)6)24(8)26(10)33-25(9)23(7)31(33)12-2/h20-33H,11-19H2,1-10H3. The second-order valence-corrected chi connectivity index (χ2v) is 14.3. The van der Waals surface area contributed by atoms with E-state index in [1.54, 1.807) is 12.8 Å². The monoisotopic (exact) mass is 458 g/mol. The molecule has 0 saturated heterocycles. The van der Waals surface area contributed by atoms with Gasteiger partial charge >= 0.3 is 0 Å². The normalized spacial score (nSPS) is 40.8. The van der Waals surface area contributed by atoms with E-state index in [-0.39, 0.29) is 0 Å². The zero-order valence-electron chi connectivity index (χ0n) is 24.4. The molecule has 3 saturated carbocycles. The van der Waals surface area contributed by atoms with E-state index < -0.39 is 0 Å². The van der Waals surface area contributed by atoms with Crippen LogP contribution in [0.5, 0.6) is 0 Å². The van der Waals surface area contributed by atoms with E-state index >= 15 is 0 Å². The Morgan fingerprint density at radius 3 is 1.70 bits per heavy atom. The highest BCUT2D eigenvalue weighted by molar-refractivity contribution is 4.98. The average molecular weight is 459 g/mol. The van der Waals surface area contributed by atoms with Gasteiger partial charge in [-0.05, 0) is 115 Å². The van der Waals surface area contributed by atoms with E-state index in [0.29, 0.717) is 0 Å². The fourth-order valence-corrected chi connectivity index (χ4v) is 9.08. The second-order valence-electron chi connectivity index (χ2n) is 14.3. The van der Waals surface area contributed by atoms with Gasteiger partial charge in [0.15, 0.2) is 0 Å². The summed E-state index contributed by atoms with van der Waals surface area (Å²) >= 11 is 0. The van der Waals surface area contributed by atoms with Gasteiger partial charge in [-0.3, -0.25) is 0 Å². The Morgan fingerprint density at radius 1 is 0.697 bits per heavy atom. The molecule has 0 aromatic rings. The molecule has 0 aromatic carbocycles. The van der Waals surface area contributed by atoms with Crippen molar-refractivity contribution in [1.29, 1.82) is 0 Å². The van der Waals surface area contributed by atoms with Crippen LogP contribution in [0, 0.1) is 82.9 Å². The fraction of sp³-hybridized carbons (Fsp3) is 1.00.